The van der Waals surface area contributed by atoms with E-state index < -0.39 is 12.0 Å². The molecule has 2 amide bonds. The van der Waals surface area contributed by atoms with Crippen molar-refractivity contribution in [2.75, 3.05) is 10.6 Å². The highest BCUT2D eigenvalue weighted by atomic mass is 79.9. The molecule has 0 radical (unpaired) electrons. The number of aromatic nitrogens is 1. The molecule has 1 aromatic carbocycles. The van der Waals surface area contributed by atoms with Crippen LogP contribution in [-0.2, 0) is 0 Å². The van der Waals surface area contributed by atoms with Crippen LogP contribution in [0.25, 0.3) is 0 Å². The van der Waals surface area contributed by atoms with Crippen molar-refractivity contribution in [3.8, 4) is 0 Å². The molecular formula is C14H12BrN3O3. The number of aromatic carboxylic acids is 1. The van der Waals surface area contributed by atoms with Crippen LogP contribution in [0.2, 0.25) is 0 Å². The second-order valence-corrected chi connectivity index (χ2v) is 5.13. The molecule has 1 aromatic heterocycles. The van der Waals surface area contributed by atoms with E-state index in [4.69, 9.17) is 5.11 Å². The molecule has 6 nitrogen and oxygen atoms in total. The van der Waals surface area contributed by atoms with Gasteiger partial charge in [-0.05, 0) is 36.8 Å². The Morgan fingerprint density at radius 1 is 1.14 bits per heavy atom. The lowest BCUT2D eigenvalue weighted by Gasteiger charge is -2.08. The third kappa shape index (κ3) is 4.03. The van der Waals surface area contributed by atoms with Crippen LogP contribution in [0.4, 0.5) is 16.2 Å². The smallest absolute Gasteiger partial charge is 0.354 e. The average Bonchev–Trinajstić information content (AvgIpc) is 2.43. The number of carboxylic acid groups (broad SMARTS) is 1. The Labute approximate surface area is 129 Å². The number of carbonyl (C=O) groups excluding carboxylic acids is 1. The van der Waals surface area contributed by atoms with Crippen LogP contribution >= 0.6 is 15.9 Å². The molecule has 0 fully saturated rings. The maximum Gasteiger partial charge on any atom is 0.354 e. The Balaban J connectivity index is 2.01. The van der Waals surface area contributed by atoms with Crippen molar-refractivity contribution in [3.63, 3.8) is 0 Å². The van der Waals surface area contributed by atoms with Gasteiger partial charge >= 0.3 is 12.0 Å². The molecular weight excluding hydrogens is 338 g/mol. The quantitative estimate of drug-likeness (QED) is 0.790. The molecule has 0 saturated heterocycles. The van der Waals surface area contributed by atoms with Gasteiger partial charge in [0.05, 0.1) is 11.9 Å². The summed E-state index contributed by atoms with van der Waals surface area (Å²) in [5.41, 5.74) is 2.03. The van der Waals surface area contributed by atoms with Gasteiger partial charge in [0.15, 0.2) is 0 Å². The SMILES string of the molecule is Cc1ccc(NC(=O)Nc2ccc(C(=O)O)nc2)cc1Br. The van der Waals surface area contributed by atoms with Crippen LogP contribution in [0.15, 0.2) is 41.0 Å². The van der Waals surface area contributed by atoms with Crippen LogP contribution < -0.4 is 10.6 Å². The van der Waals surface area contributed by atoms with E-state index in [0.717, 1.165) is 10.0 Å². The molecule has 21 heavy (non-hydrogen) atoms. The van der Waals surface area contributed by atoms with Gasteiger partial charge in [0.2, 0.25) is 0 Å². The molecule has 0 bridgehead atoms. The van der Waals surface area contributed by atoms with Crippen molar-refractivity contribution in [1.82, 2.24) is 4.98 Å². The van der Waals surface area contributed by atoms with Crippen molar-refractivity contribution in [2.45, 2.75) is 6.92 Å². The minimum absolute atomic E-state index is 0.0802. The molecule has 0 aliphatic carbocycles. The average molecular weight is 350 g/mol. The third-order valence-corrected chi connectivity index (χ3v) is 3.52. The first-order chi connectivity index (χ1) is 9.95. The van der Waals surface area contributed by atoms with Crippen LogP contribution in [0.1, 0.15) is 16.1 Å². The lowest BCUT2D eigenvalue weighted by molar-refractivity contribution is 0.0690. The van der Waals surface area contributed by atoms with E-state index in [0.29, 0.717) is 11.4 Å². The van der Waals surface area contributed by atoms with Gasteiger partial charge in [-0.2, -0.15) is 0 Å². The minimum atomic E-state index is -1.12. The number of hydrogen-bond acceptors (Lipinski definition) is 3. The van der Waals surface area contributed by atoms with E-state index in [1.165, 1.54) is 18.3 Å². The number of benzene rings is 1. The lowest BCUT2D eigenvalue weighted by atomic mass is 10.2. The second-order valence-electron chi connectivity index (χ2n) is 4.28. The number of rotatable bonds is 3. The molecule has 1 heterocycles. The molecule has 2 aromatic rings. The number of hydrogen-bond donors (Lipinski definition) is 3. The first-order valence-corrected chi connectivity index (χ1v) is 6.78. The lowest BCUT2D eigenvalue weighted by Crippen LogP contribution is -2.19. The minimum Gasteiger partial charge on any atom is -0.477 e. The summed E-state index contributed by atoms with van der Waals surface area (Å²) in [6.07, 6.45) is 1.29. The number of carbonyl (C=O) groups is 2. The number of halogens is 1. The summed E-state index contributed by atoms with van der Waals surface area (Å²) in [5, 5.41) is 14.0. The zero-order valence-corrected chi connectivity index (χ0v) is 12.6. The first kappa shape index (κ1) is 15.0. The number of carboxylic acids is 1. The number of nitrogens with zero attached hydrogens (tertiary/aromatic N) is 1. The molecule has 108 valence electrons. The molecule has 0 spiro atoms. The summed E-state index contributed by atoms with van der Waals surface area (Å²) in [7, 11) is 0. The summed E-state index contributed by atoms with van der Waals surface area (Å²) in [4.78, 5) is 26.2. The number of anilines is 2. The maximum absolute atomic E-state index is 11.8. The maximum atomic E-state index is 11.8. The highest BCUT2D eigenvalue weighted by Crippen LogP contribution is 2.20. The molecule has 0 aliphatic heterocycles. The fraction of sp³-hybridized carbons (Fsp3) is 0.0714. The summed E-state index contributed by atoms with van der Waals surface area (Å²) in [6, 6.07) is 7.81. The first-order valence-electron chi connectivity index (χ1n) is 5.99. The third-order valence-electron chi connectivity index (χ3n) is 2.67. The summed E-state index contributed by atoms with van der Waals surface area (Å²) in [5.74, 6) is -1.12. The predicted molar refractivity (Wildman–Crippen MR) is 82.7 cm³/mol. The number of nitrogens with one attached hydrogen (secondary N) is 2. The number of pyridine rings is 1. The fourth-order valence-electron chi connectivity index (χ4n) is 1.56. The zero-order chi connectivity index (χ0) is 15.4. The summed E-state index contributed by atoms with van der Waals surface area (Å²) >= 11 is 3.39. The van der Waals surface area contributed by atoms with Gasteiger partial charge < -0.3 is 15.7 Å². The normalized spacial score (nSPS) is 10.0. The largest absolute Gasteiger partial charge is 0.477 e. The van der Waals surface area contributed by atoms with Crippen molar-refractivity contribution < 1.29 is 14.7 Å². The molecule has 0 unspecified atom stereocenters. The van der Waals surface area contributed by atoms with E-state index in [-0.39, 0.29) is 5.69 Å². The van der Waals surface area contributed by atoms with Crippen molar-refractivity contribution in [1.29, 1.82) is 0 Å². The highest BCUT2D eigenvalue weighted by molar-refractivity contribution is 9.10. The molecule has 0 aliphatic rings. The second kappa shape index (κ2) is 6.36. The van der Waals surface area contributed by atoms with Crippen molar-refractivity contribution in [3.05, 3.63) is 52.3 Å². The van der Waals surface area contributed by atoms with E-state index in [2.05, 4.69) is 31.5 Å². The van der Waals surface area contributed by atoms with E-state index in [1.807, 2.05) is 13.0 Å². The van der Waals surface area contributed by atoms with Crippen LogP contribution in [0.3, 0.4) is 0 Å². The van der Waals surface area contributed by atoms with Crippen LogP contribution in [0, 0.1) is 6.92 Å². The monoisotopic (exact) mass is 349 g/mol. The fourth-order valence-corrected chi connectivity index (χ4v) is 1.94. The standard InChI is InChI=1S/C14H12BrN3O3/c1-8-2-3-9(6-11(8)15)17-14(21)18-10-4-5-12(13(19)20)16-7-10/h2-7H,1H3,(H,19,20)(H2,17,18,21). The van der Waals surface area contributed by atoms with Gasteiger partial charge in [0.25, 0.3) is 0 Å². The number of aryl methyl sites for hydroxylation is 1. The van der Waals surface area contributed by atoms with E-state index in [1.54, 1.807) is 12.1 Å². The van der Waals surface area contributed by atoms with Gasteiger partial charge in [0.1, 0.15) is 5.69 Å². The number of amides is 2. The van der Waals surface area contributed by atoms with Gasteiger partial charge in [-0.15, -0.1) is 0 Å². The molecule has 7 heteroatoms. The van der Waals surface area contributed by atoms with Crippen LogP contribution in [-0.4, -0.2) is 22.1 Å². The molecule has 0 saturated carbocycles. The molecule has 0 atom stereocenters. The molecule has 2 rings (SSSR count). The summed E-state index contributed by atoms with van der Waals surface area (Å²) < 4.78 is 0.896. The van der Waals surface area contributed by atoms with Gasteiger partial charge in [0, 0.05) is 10.2 Å². The zero-order valence-electron chi connectivity index (χ0n) is 11.1. The highest BCUT2D eigenvalue weighted by Gasteiger charge is 2.07. The topological polar surface area (TPSA) is 91.3 Å². The number of urea groups is 1. The van der Waals surface area contributed by atoms with Crippen LogP contribution in [0.5, 0.6) is 0 Å². The Kier molecular flexibility index (Phi) is 4.54. The van der Waals surface area contributed by atoms with E-state index >= 15 is 0 Å². The van der Waals surface area contributed by atoms with Gasteiger partial charge in [-0.1, -0.05) is 22.0 Å². The predicted octanol–water partition coefficient (Wildman–Crippen LogP) is 3.49. The Morgan fingerprint density at radius 3 is 2.38 bits per heavy atom. The van der Waals surface area contributed by atoms with Crippen molar-refractivity contribution in [2.24, 2.45) is 0 Å². The van der Waals surface area contributed by atoms with E-state index in [9.17, 15) is 9.59 Å². The van der Waals surface area contributed by atoms with Gasteiger partial charge in [-0.25, -0.2) is 14.6 Å². The molecule has 3 N–H and O–H groups in total. The summed E-state index contributed by atoms with van der Waals surface area (Å²) in [6.45, 7) is 1.95. The Hall–Kier alpha value is -2.41. The van der Waals surface area contributed by atoms with Gasteiger partial charge in [-0.3, -0.25) is 0 Å². The van der Waals surface area contributed by atoms with Crippen molar-refractivity contribution >= 4 is 39.3 Å². The Bertz CT molecular complexity index is 686. The Morgan fingerprint density at radius 2 is 1.81 bits per heavy atom.